The molecule has 90 valence electrons. The molecule has 1 heterocycles. The van der Waals surface area contributed by atoms with Crippen LogP contribution in [0, 0.1) is 0 Å². The maximum Gasteiger partial charge on any atom is 0.276 e. The Balaban J connectivity index is 2.40. The van der Waals surface area contributed by atoms with Crippen LogP contribution in [0.1, 0.15) is 0 Å². The minimum atomic E-state index is -2.25. The van der Waals surface area contributed by atoms with Crippen LogP contribution in [0.4, 0.5) is 5.95 Å². The number of hydrogen-bond acceptors (Lipinski definition) is 4. The van der Waals surface area contributed by atoms with E-state index >= 15 is 0 Å². The molecule has 1 aromatic carbocycles. The molecule has 17 heavy (non-hydrogen) atoms. The Labute approximate surface area is 104 Å². The van der Waals surface area contributed by atoms with Crippen molar-refractivity contribution in [2.45, 2.75) is 0 Å². The van der Waals surface area contributed by atoms with E-state index in [2.05, 4.69) is 19.5 Å². The van der Waals surface area contributed by atoms with Crippen molar-refractivity contribution in [2.24, 2.45) is 4.36 Å². The summed E-state index contributed by atoms with van der Waals surface area (Å²) in [5.41, 5.74) is 0.810. The van der Waals surface area contributed by atoms with Gasteiger partial charge in [0.05, 0.1) is 0 Å². The molecule has 0 bridgehead atoms. The van der Waals surface area contributed by atoms with E-state index in [9.17, 15) is 4.21 Å². The summed E-state index contributed by atoms with van der Waals surface area (Å²) >= 11 is 5.88. The normalized spacial score (nSPS) is 11.5. The predicted octanol–water partition coefficient (Wildman–Crippen LogP) is 2.48. The zero-order valence-corrected chi connectivity index (χ0v) is 10.9. The fourth-order valence-electron chi connectivity index (χ4n) is 1.26. The third-order valence-electron chi connectivity index (χ3n) is 1.87. The van der Waals surface area contributed by atoms with E-state index in [0.717, 1.165) is 5.56 Å². The lowest BCUT2D eigenvalue weighted by Gasteiger charge is -1.95. The Morgan fingerprint density at radius 3 is 2.82 bits per heavy atom. The van der Waals surface area contributed by atoms with Gasteiger partial charge in [0, 0.05) is 32.8 Å². The van der Waals surface area contributed by atoms with Crippen LogP contribution >= 0.6 is 11.6 Å². The zero-order valence-electron chi connectivity index (χ0n) is 9.35. The SMILES string of the molecule is CS(C)(=O)=Nc1n[nH]c(-c2cccc(Cl)c2)n1. The molecule has 7 heteroatoms. The summed E-state index contributed by atoms with van der Waals surface area (Å²) in [7, 11) is -2.25. The largest absolute Gasteiger partial charge is 0.276 e. The summed E-state index contributed by atoms with van der Waals surface area (Å²) in [5.74, 6) is 0.741. The maximum absolute atomic E-state index is 11.5. The van der Waals surface area contributed by atoms with Crippen LogP contribution < -0.4 is 0 Å². The molecule has 1 N–H and O–H groups in total. The molecular formula is C10H11ClN4OS. The molecule has 5 nitrogen and oxygen atoms in total. The number of nitrogens with zero attached hydrogens (tertiary/aromatic N) is 3. The standard InChI is InChI=1S/C10H11ClN4OS/c1-17(2,16)15-10-12-9(13-14-10)7-4-3-5-8(11)6-7/h3-6H,1-2H3,(H,12,13,14). The third kappa shape index (κ3) is 3.28. The molecule has 0 aliphatic rings. The van der Waals surface area contributed by atoms with Gasteiger partial charge in [0.15, 0.2) is 5.82 Å². The van der Waals surface area contributed by atoms with E-state index in [1.807, 2.05) is 12.1 Å². The molecule has 2 rings (SSSR count). The van der Waals surface area contributed by atoms with Gasteiger partial charge in [0.1, 0.15) is 0 Å². The molecule has 0 amide bonds. The van der Waals surface area contributed by atoms with Crippen LogP contribution in [0.2, 0.25) is 5.02 Å². The zero-order chi connectivity index (χ0) is 12.5. The first-order chi connectivity index (χ1) is 7.94. The van der Waals surface area contributed by atoms with Crippen molar-refractivity contribution in [3.63, 3.8) is 0 Å². The number of benzene rings is 1. The Morgan fingerprint density at radius 1 is 1.41 bits per heavy atom. The van der Waals surface area contributed by atoms with Gasteiger partial charge in [0.25, 0.3) is 5.95 Å². The molecule has 1 aromatic heterocycles. The lowest BCUT2D eigenvalue weighted by Crippen LogP contribution is -1.89. The second kappa shape index (κ2) is 4.46. The van der Waals surface area contributed by atoms with E-state index in [-0.39, 0.29) is 5.95 Å². The van der Waals surface area contributed by atoms with Crippen molar-refractivity contribution in [1.82, 2.24) is 15.2 Å². The van der Waals surface area contributed by atoms with Crippen LogP contribution in [-0.4, -0.2) is 31.9 Å². The van der Waals surface area contributed by atoms with Gasteiger partial charge < -0.3 is 0 Å². The van der Waals surface area contributed by atoms with E-state index in [1.54, 1.807) is 12.1 Å². The van der Waals surface area contributed by atoms with E-state index < -0.39 is 9.73 Å². The quantitative estimate of drug-likeness (QED) is 0.911. The number of rotatable bonds is 2. The molecule has 0 aliphatic carbocycles. The summed E-state index contributed by atoms with van der Waals surface area (Å²) in [6.07, 6.45) is 3.06. The molecule has 0 unspecified atom stereocenters. The Bertz CT molecular complexity index is 650. The molecule has 0 atom stereocenters. The summed E-state index contributed by atoms with van der Waals surface area (Å²) < 4.78 is 15.4. The van der Waals surface area contributed by atoms with E-state index in [0.29, 0.717) is 10.8 Å². The van der Waals surface area contributed by atoms with Crippen molar-refractivity contribution < 1.29 is 4.21 Å². The van der Waals surface area contributed by atoms with Gasteiger partial charge in [0.2, 0.25) is 0 Å². The average Bonchev–Trinajstić information content (AvgIpc) is 2.63. The summed E-state index contributed by atoms with van der Waals surface area (Å²) in [4.78, 5) is 4.14. The summed E-state index contributed by atoms with van der Waals surface area (Å²) in [5, 5.41) is 7.23. The highest BCUT2D eigenvalue weighted by molar-refractivity contribution is 7.92. The van der Waals surface area contributed by atoms with E-state index in [1.165, 1.54) is 12.5 Å². The Hall–Kier alpha value is -1.40. The monoisotopic (exact) mass is 270 g/mol. The highest BCUT2D eigenvalue weighted by Gasteiger charge is 2.06. The minimum Gasteiger partial charge on any atom is -0.257 e. The molecule has 0 fully saturated rings. The average molecular weight is 271 g/mol. The van der Waals surface area contributed by atoms with Crippen LogP contribution in [0.25, 0.3) is 11.4 Å². The van der Waals surface area contributed by atoms with Crippen molar-refractivity contribution in [3.05, 3.63) is 29.3 Å². The van der Waals surface area contributed by atoms with Crippen molar-refractivity contribution in [3.8, 4) is 11.4 Å². The molecule has 0 spiro atoms. The molecule has 0 aliphatic heterocycles. The molecule has 0 radical (unpaired) electrons. The molecule has 2 aromatic rings. The Morgan fingerprint density at radius 2 is 2.18 bits per heavy atom. The number of halogens is 1. The maximum atomic E-state index is 11.5. The third-order valence-corrected chi connectivity index (χ3v) is 2.71. The van der Waals surface area contributed by atoms with Gasteiger partial charge in [-0.25, -0.2) is 4.21 Å². The second-order valence-corrected chi connectivity index (χ2v) is 6.75. The summed E-state index contributed by atoms with van der Waals surface area (Å²) in [6, 6.07) is 7.21. The lowest BCUT2D eigenvalue weighted by atomic mass is 10.2. The van der Waals surface area contributed by atoms with Crippen molar-refractivity contribution in [1.29, 1.82) is 0 Å². The van der Waals surface area contributed by atoms with Crippen LogP contribution in [0.15, 0.2) is 28.6 Å². The fraction of sp³-hybridized carbons (Fsp3) is 0.200. The molecule has 0 saturated heterocycles. The number of nitrogens with one attached hydrogen (secondary N) is 1. The van der Waals surface area contributed by atoms with Gasteiger partial charge >= 0.3 is 0 Å². The number of aromatic nitrogens is 3. The second-order valence-electron chi connectivity index (χ2n) is 3.77. The van der Waals surface area contributed by atoms with E-state index in [4.69, 9.17) is 11.6 Å². The first kappa shape index (κ1) is 12.1. The summed E-state index contributed by atoms with van der Waals surface area (Å²) in [6.45, 7) is 0. The smallest absolute Gasteiger partial charge is 0.257 e. The van der Waals surface area contributed by atoms with Gasteiger partial charge in [-0.2, -0.15) is 9.35 Å². The molecular weight excluding hydrogens is 260 g/mol. The lowest BCUT2D eigenvalue weighted by molar-refractivity contribution is 0.684. The topological polar surface area (TPSA) is 71.0 Å². The number of aromatic amines is 1. The molecule has 0 saturated carbocycles. The van der Waals surface area contributed by atoms with Gasteiger partial charge in [-0.3, -0.25) is 5.10 Å². The fourth-order valence-corrected chi connectivity index (χ4v) is 1.92. The first-order valence-corrected chi connectivity index (χ1v) is 7.50. The van der Waals surface area contributed by atoms with Crippen LogP contribution in [0.5, 0.6) is 0 Å². The Kier molecular flexibility index (Phi) is 3.17. The minimum absolute atomic E-state index is 0.190. The van der Waals surface area contributed by atoms with Gasteiger partial charge in [-0.1, -0.05) is 23.7 Å². The van der Waals surface area contributed by atoms with Gasteiger partial charge in [-0.05, 0) is 12.1 Å². The highest BCUT2D eigenvalue weighted by atomic mass is 35.5. The number of H-pyrrole nitrogens is 1. The highest BCUT2D eigenvalue weighted by Crippen LogP contribution is 2.20. The van der Waals surface area contributed by atoms with Crippen molar-refractivity contribution in [2.75, 3.05) is 12.5 Å². The first-order valence-electron chi connectivity index (χ1n) is 4.79. The van der Waals surface area contributed by atoms with Crippen molar-refractivity contribution >= 4 is 27.3 Å². The van der Waals surface area contributed by atoms with Crippen LogP contribution in [0.3, 0.4) is 0 Å². The number of hydrogen-bond donors (Lipinski definition) is 1. The predicted molar refractivity (Wildman–Crippen MR) is 68.9 cm³/mol. The van der Waals surface area contributed by atoms with Crippen LogP contribution in [-0.2, 0) is 9.73 Å². The van der Waals surface area contributed by atoms with Gasteiger partial charge in [-0.15, -0.1) is 5.10 Å².